The fourth-order valence-electron chi connectivity index (χ4n) is 5.77. The third kappa shape index (κ3) is 6.01. The first kappa shape index (κ1) is 25.4. The predicted octanol–water partition coefficient (Wildman–Crippen LogP) is 3.77. The van der Waals surface area contributed by atoms with E-state index in [1.807, 2.05) is 17.0 Å². The maximum Gasteiger partial charge on any atom is 0.261 e. The molecule has 0 unspecified atom stereocenters. The first-order valence-corrected chi connectivity index (χ1v) is 13.6. The maximum absolute atomic E-state index is 12.7. The third-order valence-corrected chi connectivity index (χ3v) is 7.91. The highest BCUT2D eigenvalue weighted by Gasteiger charge is 2.34. The lowest BCUT2D eigenvalue weighted by molar-refractivity contribution is -0.133. The summed E-state index contributed by atoms with van der Waals surface area (Å²) in [4.78, 5) is 47.6. The van der Waals surface area contributed by atoms with Crippen molar-refractivity contribution in [2.24, 2.45) is 0 Å². The molecule has 1 aromatic carbocycles. The van der Waals surface area contributed by atoms with Gasteiger partial charge in [-0.3, -0.25) is 29.2 Å². The molecule has 2 fully saturated rings. The molecule has 0 radical (unpaired) electrons. The fraction of sp³-hybridized carbons (Fsp3) is 0.517. The van der Waals surface area contributed by atoms with Crippen LogP contribution in [0.2, 0.25) is 0 Å². The van der Waals surface area contributed by atoms with E-state index in [1.165, 1.54) is 4.90 Å². The van der Waals surface area contributed by atoms with Crippen LogP contribution in [0, 0.1) is 0 Å². The lowest BCUT2D eigenvalue weighted by Gasteiger charge is -2.41. The highest BCUT2D eigenvalue weighted by atomic mass is 16.5. The Morgan fingerprint density at radius 3 is 2.14 bits per heavy atom. The quantitative estimate of drug-likeness (QED) is 0.382. The van der Waals surface area contributed by atoms with Gasteiger partial charge in [0.25, 0.3) is 11.8 Å². The van der Waals surface area contributed by atoms with E-state index in [0.29, 0.717) is 30.1 Å². The molecule has 3 amide bonds. The van der Waals surface area contributed by atoms with E-state index in [2.05, 4.69) is 9.88 Å². The van der Waals surface area contributed by atoms with Gasteiger partial charge in [0.15, 0.2) is 0 Å². The highest BCUT2D eigenvalue weighted by Crippen LogP contribution is 2.25. The van der Waals surface area contributed by atoms with Crippen LogP contribution in [-0.4, -0.2) is 82.3 Å². The van der Waals surface area contributed by atoms with Gasteiger partial charge in [-0.15, -0.1) is 0 Å². The van der Waals surface area contributed by atoms with Gasteiger partial charge in [-0.1, -0.05) is 18.6 Å². The molecule has 0 atom stereocenters. The summed E-state index contributed by atoms with van der Waals surface area (Å²) in [6.45, 7) is 4.15. The Labute approximate surface area is 218 Å². The van der Waals surface area contributed by atoms with Crippen molar-refractivity contribution in [1.29, 1.82) is 0 Å². The van der Waals surface area contributed by atoms with Crippen LogP contribution in [0.3, 0.4) is 0 Å². The molecule has 5 rings (SSSR count). The molecule has 37 heavy (non-hydrogen) atoms. The Kier molecular flexibility index (Phi) is 8.14. The highest BCUT2D eigenvalue weighted by molar-refractivity contribution is 6.21. The molecular weight excluding hydrogens is 468 g/mol. The van der Waals surface area contributed by atoms with Gasteiger partial charge in [-0.2, -0.15) is 0 Å². The Balaban J connectivity index is 0.957. The van der Waals surface area contributed by atoms with Crippen molar-refractivity contribution in [3.8, 4) is 5.75 Å². The number of aromatic nitrogens is 1. The zero-order chi connectivity index (χ0) is 25.6. The van der Waals surface area contributed by atoms with E-state index in [0.717, 1.165) is 76.9 Å². The minimum atomic E-state index is -0.204. The Hall–Kier alpha value is -3.26. The van der Waals surface area contributed by atoms with Crippen molar-refractivity contribution in [2.75, 3.05) is 32.7 Å². The maximum atomic E-state index is 12.7. The number of unbranched alkanes of at least 4 members (excludes halogenated alkanes) is 2. The lowest BCUT2D eigenvalue weighted by atomic mass is 9.98. The van der Waals surface area contributed by atoms with Crippen molar-refractivity contribution in [3.05, 3.63) is 59.9 Å². The molecule has 0 spiro atoms. The second-order valence-corrected chi connectivity index (χ2v) is 10.3. The summed E-state index contributed by atoms with van der Waals surface area (Å²) in [5.41, 5.74) is 0.988. The number of likely N-dealkylation sites (tertiary alicyclic amines) is 2. The summed E-state index contributed by atoms with van der Waals surface area (Å²) in [6, 6.07) is 11.3. The van der Waals surface area contributed by atoms with Gasteiger partial charge in [0.2, 0.25) is 5.91 Å². The monoisotopic (exact) mass is 504 g/mol. The molecule has 0 N–H and O–H groups in total. The Morgan fingerprint density at radius 1 is 0.838 bits per heavy atom. The normalized spacial score (nSPS) is 19.4. The number of fused-ring (bicyclic) bond motifs is 1. The van der Waals surface area contributed by atoms with Gasteiger partial charge in [-0.05, 0) is 62.8 Å². The van der Waals surface area contributed by atoms with E-state index in [1.54, 1.807) is 36.7 Å². The number of piperidine rings is 2. The second-order valence-electron chi connectivity index (χ2n) is 10.3. The summed E-state index contributed by atoms with van der Waals surface area (Å²) in [5.74, 6) is 0.711. The summed E-state index contributed by atoms with van der Waals surface area (Å²) in [7, 11) is 0. The van der Waals surface area contributed by atoms with Crippen LogP contribution in [0.1, 0.15) is 72.1 Å². The van der Waals surface area contributed by atoms with Crippen LogP contribution in [0.4, 0.5) is 0 Å². The minimum Gasteiger partial charge on any atom is -0.490 e. The van der Waals surface area contributed by atoms with Crippen LogP contribution < -0.4 is 4.74 Å². The molecule has 2 aromatic rings. The van der Waals surface area contributed by atoms with Crippen molar-refractivity contribution < 1.29 is 19.1 Å². The predicted molar refractivity (Wildman–Crippen MR) is 139 cm³/mol. The number of imide groups is 1. The average Bonchev–Trinajstić information content (AvgIpc) is 3.19. The number of rotatable bonds is 9. The number of amides is 3. The number of pyridine rings is 1. The van der Waals surface area contributed by atoms with E-state index in [-0.39, 0.29) is 23.8 Å². The van der Waals surface area contributed by atoms with Crippen molar-refractivity contribution in [1.82, 2.24) is 19.7 Å². The van der Waals surface area contributed by atoms with Crippen molar-refractivity contribution in [2.45, 2.75) is 63.5 Å². The number of nitrogens with zero attached hydrogens (tertiary/aromatic N) is 4. The summed E-state index contributed by atoms with van der Waals surface area (Å²) in [6.07, 6.45) is 10.8. The molecule has 0 aliphatic carbocycles. The first-order valence-electron chi connectivity index (χ1n) is 13.6. The molecule has 4 heterocycles. The van der Waals surface area contributed by atoms with Crippen LogP contribution in [0.15, 0.2) is 48.8 Å². The first-order chi connectivity index (χ1) is 18.1. The Morgan fingerprint density at radius 2 is 1.49 bits per heavy atom. The number of carbonyl (C=O) groups is 3. The zero-order valence-corrected chi connectivity index (χ0v) is 21.4. The molecule has 0 saturated carbocycles. The molecular formula is C29H36N4O4. The molecule has 196 valence electrons. The standard InChI is InChI=1S/C29H36N4O4/c34-27(8-2-1-5-17-33-28(35)25-6-3-4-7-26(25)29(33)36)32-18-11-22(12-19-32)31-20-13-24(14-21-31)37-23-9-15-30-16-10-23/h3-4,6-7,9-10,15-16,22,24H,1-2,5,8,11-14,17-21H2. The van der Waals surface area contributed by atoms with E-state index < -0.39 is 0 Å². The topological polar surface area (TPSA) is 83.1 Å². The van der Waals surface area contributed by atoms with Gasteiger partial charge >= 0.3 is 0 Å². The van der Waals surface area contributed by atoms with Crippen LogP contribution in [0.25, 0.3) is 0 Å². The minimum absolute atomic E-state index is 0.204. The summed E-state index contributed by atoms with van der Waals surface area (Å²) in [5, 5.41) is 0. The third-order valence-electron chi connectivity index (χ3n) is 7.91. The SMILES string of the molecule is O=C(CCCCCN1C(=O)c2ccccc2C1=O)N1CCC(N2CCC(Oc3ccncc3)CC2)CC1. The summed E-state index contributed by atoms with van der Waals surface area (Å²) >= 11 is 0. The molecule has 1 aromatic heterocycles. The largest absolute Gasteiger partial charge is 0.490 e. The fourth-order valence-corrected chi connectivity index (χ4v) is 5.77. The van der Waals surface area contributed by atoms with Crippen molar-refractivity contribution in [3.63, 3.8) is 0 Å². The number of carbonyl (C=O) groups excluding carboxylic acids is 3. The van der Waals surface area contributed by atoms with Crippen LogP contribution in [0.5, 0.6) is 5.75 Å². The average molecular weight is 505 g/mol. The van der Waals surface area contributed by atoms with E-state index >= 15 is 0 Å². The van der Waals surface area contributed by atoms with Gasteiger partial charge < -0.3 is 9.64 Å². The smallest absolute Gasteiger partial charge is 0.261 e. The number of hydrogen-bond acceptors (Lipinski definition) is 6. The van der Waals surface area contributed by atoms with Crippen molar-refractivity contribution >= 4 is 17.7 Å². The molecule has 2 saturated heterocycles. The van der Waals surface area contributed by atoms with Crippen LogP contribution >= 0.6 is 0 Å². The molecule has 8 heteroatoms. The molecule has 8 nitrogen and oxygen atoms in total. The van der Waals surface area contributed by atoms with Gasteiger partial charge in [0.1, 0.15) is 11.9 Å². The molecule has 3 aliphatic heterocycles. The zero-order valence-electron chi connectivity index (χ0n) is 21.4. The van der Waals surface area contributed by atoms with Gasteiger partial charge in [-0.25, -0.2) is 0 Å². The lowest BCUT2D eigenvalue weighted by Crippen LogP contribution is -2.50. The second kappa shape index (κ2) is 11.9. The molecule has 0 bridgehead atoms. The molecule has 3 aliphatic rings. The van der Waals surface area contributed by atoms with E-state index in [4.69, 9.17) is 4.74 Å². The summed E-state index contributed by atoms with van der Waals surface area (Å²) < 4.78 is 6.09. The van der Waals surface area contributed by atoms with Gasteiger partial charge in [0, 0.05) is 57.6 Å². The number of ether oxygens (including phenoxy) is 1. The number of hydrogen-bond donors (Lipinski definition) is 0. The Bertz CT molecular complexity index is 1060. The van der Waals surface area contributed by atoms with Crippen LogP contribution in [-0.2, 0) is 4.79 Å². The van der Waals surface area contributed by atoms with E-state index in [9.17, 15) is 14.4 Å². The van der Waals surface area contributed by atoms with Gasteiger partial charge in [0.05, 0.1) is 11.1 Å². The number of benzene rings is 1.